The molecule has 3 nitrogen and oxygen atoms in total. The maximum atomic E-state index is 5.83. The topological polar surface area (TPSA) is 34.1 Å². The number of nitrogens with one attached hydrogen (secondary N) is 1. The molecule has 1 saturated heterocycles. The lowest BCUT2D eigenvalue weighted by Gasteiger charge is -2.22. The zero-order valence-electron chi connectivity index (χ0n) is 9.20. The van der Waals surface area contributed by atoms with Crippen molar-refractivity contribution >= 4 is 0 Å². The largest absolute Gasteiger partial charge is 0.373 e. The summed E-state index contributed by atoms with van der Waals surface area (Å²) in [6, 6.07) is 4.12. The quantitative estimate of drug-likeness (QED) is 0.816. The Balaban J connectivity index is 1.79. The zero-order chi connectivity index (χ0) is 10.5. The number of hydrogen-bond acceptors (Lipinski definition) is 3. The van der Waals surface area contributed by atoms with Crippen LogP contribution >= 0.6 is 0 Å². The summed E-state index contributed by atoms with van der Waals surface area (Å²) in [7, 11) is 0. The number of aryl methyl sites for hydroxylation is 1. The summed E-state index contributed by atoms with van der Waals surface area (Å²) in [5.74, 6) is 0. The fraction of sp³-hybridized carbons (Fsp3) is 0.583. The molecule has 0 aliphatic carbocycles. The number of rotatable bonds is 3. The van der Waals surface area contributed by atoms with Crippen LogP contribution in [0.2, 0.25) is 0 Å². The molecule has 1 aromatic rings. The van der Waals surface area contributed by atoms with Gasteiger partial charge in [0.15, 0.2) is 0 Å². The minimum atomic E-state index is 0.424. The maximum absolute atomic E-state index is 5.83. The fourth-order valence-electron chi connectivity index (χ4n) is 1.76. The number of nitrogens with zero attached hydrogens (tertiary/aromatic N) is 1. The van der Waals surface area contributed by atoms with Crippen LogP contribution in [-0.2, 0) is 11.3 Å². The fourth-order valence-corrected chi connectivity index (χ4v) is 1.76. The van der Waals surface area contributed by atoms with Crippen molar-refractivity contribution < 1.29 is 4.74 Å². The highest BCUT2D eigenvalue weighted by Gasteiger charge is 2.12. The molecule has 1 aromatic heterocycles. The summed E-state index contributed by atoms with van der Waals surface area (Å²) in [4.78, 5) is 4.25. The van der Waals surface area contributed by atoms with Gasteiger partial charge in [-0.15, -0.1) is 0 Å². The summed E-state index contributed by atoms with van der Waals surface area (Å²) in [6.45, 7) is 4.85. The van der Waals surface area contributed by atoms with Crippen LogP contribution in [0.1, 0.15) is 24.1 Å². The van der Waals surface area contributed by atoms with E-state index in [2.05, 4.69) is 16.4 Å². The molecule has 0 radical (unpaired) electrons. The molecule has 0 saturated carbocycles. The molecule has 82 valence electrons. The lowest BCUT2D eigenvalue weighted by molar-refractivity contribution is 0.0211. The second-order valence-corrected chi connectivity index (χ2v) is 4.07. The van der Waals surface area contributed by atoms with Crippen LogP contribution in [0, 0.1) is 6.92 Å². The average molecular weight is 206 g/mol. The second kappa shape index (κ2) is 5.24. The van der Waals surface area contributed by atoms with Gasteiger partial charge in [0, 0.05) is 11.9 Å². The van der Waals surface area contributed by atoms with E-state index in [1.165, 1.54) is 5.56 Å². The molecule has 0 aromatic carbocycles. The first-order valence-electron chi connectivity index (χ1n) is 5.58. The number of aromatic nitrogens is 1. The van der Waals surface area contributed by atoms with Crippen molar-refractivity contribution in [3.8, 4) is 0 Å². The van der Waals surface area contributed by atoms with Crippen molar-refractivity contribution in [2.24, 2.45) is 0 Å². The molecular weight excluding hydrogens is 188 g/mol. The van der Waals surface area contributed by atoms with E-state index >= 15 is 0 Å². The highest BCUT2D eigenvalue weighted by Crippen LogP contribution is 2.10. The molecule has 1 fully saturated rings. The number of ether oxygens (including phenoxy) is 1. The minimum Gasteiger partial charge on any atom is -0.373 e. The van der Waals surface area contributed by atoms with E-state index in [1.807, 2.05) is 19.2 Å². The van der Waals surface area contributed by atoms with E-state index in [1.54, 1.807) is 0 Å². The standard InChI is InChI=1S/C12H18N2O/c1-10-2-3-11(8-14-10)9-15-12-4-6-13-7-5-12/h2-3,8,12-13H,4-7,9H2,1H3. The van der Waals surface area contributed by atoms with E-state index in [0.717, 1.165) is 31.6 Å². The maximum Gasteiger partial charge on any atom is 0.0735 e. The van der Waals surface area contributed by atoms with Gasteiger partial charge in [0.25, 0.3) is 0 Å². The van der Waals surface area contributed by atoms with Crippen LogP contribution in [-0.4, -0.2) is 24.2 Å². The average Bonchev–Trinajstić information content (AvgIpc) is 2.30. The van der Waals surface area contributed by atoms with Crippen LogP contribution in [0.4, 0.5) is 0 Å². The number of piperidine rings is 1. The Labute approximate surface area is 90.9 Å². The van der Waals surface area contributed by atoms with Crippen molar-refractivity contribution in [2.75, 3.05) is 13.1 Å². The third kappa shape index (κ3) is 3.29. The molecule has 15 heavy (non-hydrogen) atoms. The first-order valence-corrected chi connectivity index (χ1v) is 5.58. The van der Waals surface area contributed by atoms with Gasteiger partial charge in [0.05, 0.1) is 12.7 Å². The van der Waals surface area contributed by atoms with Crippen LogP contribution in [0.15, 0.2) is 18.3 Å². The molecule has 1 N–H and O–H groups in total. The van der Waals surface area contributed by atoms with Crippen molar-refractivity contribution in [1.82, 2.24) is 10.3 Å². The van der Waals surface area contributed by atoms with Gasteiger partial charge >= 0.3 is 0 Å². The lowest BCUT2D eigenvalue weighted by Crippen LogP contribution is -2.32. The van der Waals surface area contributed by atoms with Gasteiger partial charge in [0.2, 0.25) is 0 Å². The van der Waals surface area contributed by atoms with Crippen LogP contribution in [0.5, 0.6) is 0 Å². The molecule has 0 unspecified atom stereocenters. The molecular formula is C12H18N2O. The van der Waals surface area contributed by atoms with Gasteiger partial charge in [-0.2, -0.15) is 0 Å². The highest BCUT2D eigenvalue weighted by atomic mass is 16.5. The molecule has 0 spiro atoms. The number of pyridine rings is 1. The normalized spacial score (nSPS) is 17.9. The van der Waals surface area contributed by atoms with Gasteiger partial charge in [-0.25, -0.2) is 0 Å². The van der Waals surface area contributed by atoms with Crippen molar-refractivity contribution in [3.63, 3.8) is 0 Å². The monoisotopic (exact) mass is 206 g/mol. The first kappa shape index (κ1) is 10.6. The van der Waals surface area contributed by atoms with E-state index in [9.17, 15) is 0 Å². The van der Waals surface area contributed by atoms with Crippen LogP contribution in [0.3, 0.4) is 0 Å². The summed E-state index contributed by atoms with van der Waals surface area (Å²) in [6.07, 6.45) is 4.57. The van der Waals surface area contributed by atoms with Crippen LogP contribution in [0.25, 0.3) is 0 Å². The van der Waals surface area contributed by atoms with Crippen molar-refractivity contribution in [1.29, 1.82) is 0 Å². The highest BCUT2D eigenvalue weighted by molar-refractivity contribution is 5.12. The van der Waals surface area contributed by atoms with E-state index in [4.69, 9.17) is 4.74 Å². The molecule has 2 rings (SSSR count). The zero-order valence-corrected chi connectivity index (χ0v) is 9.20. The van der Waals surface area contributed by atoms with Crippen LogP contribution < -0.4 is 5.32 Å². The molecule has 0 bridgehead atoms. The molecule has 0 atom stereocenters. The van der Waals surface area contributed by atoms with Crippen molar-refractivity contribution in [2.45, 2.75) is 32.5 Å². The summed E-state index contributed by atoms with van der Waals surface area (Å²) in [5.41, 5.74) is 2.22. The SMILES string of the molecule is Cc1ccc(COC2CCNCC2)cn1. The predicted octanol–water partition coefficient (Wildman–Crippen LogP) is 1.66. The Morgan fingerprint density at radius 1 is 1.40 bits per heavy atom. The minimum absolute atomic E-state index is 0.424. The number of hydrogen-bond donors (Lipinski definition) is 1. The second-order valence-electron chi connectivity index (χ2n) is 4.07. The molecule has 2 heterocycles. The predicted molar refractivity (Wildman–Crippen MR) is 59.7 cm³/mol. The van der Waals surface area contributed by atoms with E-state index < -0.39 is 0 Å². The summed E-state index contributed by atoms with van der Waals surface area (Å²) in [5, 5.41) is 3.33. The van der Waals surface area contributed by atoms with E-state index in [-0.39, 0.29) is 0 Å². The smallest absolute Gasteiger partial charge is 0.0735 e. The van der Waals surface area contributed by atoms with Gasteiger partial charge < -0.3 is 10.1 Å². The molecule has 0 amide bonds. The van der Waals surface area contributed by atoms with E-state index in [0.29, 0.717) is 12.7 Å². The Kier molecular flexibility index (Phi) is 3.69. The Morgan fingerprint density at radius 3 is 2.87 bits per heavy atom. The Bertz CT molecular complexity index is 291. The van der Waals surface area contributed by atoms with Gasteiger partial charge in [-0.1, -0.05) is 6.07 Å². The molecule has 3 heteroatoms. The lowest BCUT2D eigenvalue weighted by atomic mass is 10.1. The Morgan fingerprint density at radius 2 is 2.20 bits per heavy atom. The molecule has 1 aliphatic rings. The third-order valence-electron chi connectivity index (χ3n) is 2.74. The van der Waals surface area contributed by atoms with Gasteiger partial charge in [0.1, 0.15) is 0 Å². The third-order valence-corrected chi connectivity index (χ3v) is 2.74. The van der Waals surface area contributed by atoms with Gasteiger partial charge in [-0.3, -0.25) is 4.98 Å². The van der Waals surface area contributed by atoms with Gasteiger partial charge in [-0.05, 0) is 44.5 Å². The summed E-state index contributed by atoms with van der Waals surface area (Å²) < 4.78 is 5.83. The first-order chi connectivity index (χ1) is 7.34. The summed E-state index contributed by atoms with van der Waals surface area (Å²) >= 11 is 0. The molecule has 1 aliphatic heterocycles. The van der Waals surface area contributed by atoms with Crippen molar-refractivity contribution in [3.05, 3.63) is 29.6 Å². The Hall–Kier alpha value is -0.930.